The summed E-state index contributed by atoms with van der Waals surface area (Å²) in [5.41, 5.74) is 1.12. The van der Waals surface area contributed by atoms with Crippen LogP contribution in [0.25, 0.3) is 0 Å². The van der Waals surface area contributed by atoms with Crippen molar-refractivity contribution in [2.75, 3.05) is 36.8 Å². The number of nitrogens with zero attached hydrogens (tertiary/aromatic N) is 4. The summed E-state index contributed by atoms with van der Waals surface area (Å²) < 4.78 is 0. The maximum Gasteiger partial charge on any atom is 0.233 e. The summed E-state index contributed by atoms with van der Waals surface area (Å²) in [6, 6.07) is 7.88. The number of hydrogen-bond donors (Lipinski definition) is 1. The molecule has 4 rings (SSSR count). The lowest BCUT2D eigenvalue weighted by Gasteiger charge is -2.36. The van der Waals surface area contributed by atoms with E-state index in [1.807, 2.05) is 23.1 Å². The summed E-state index contributed by atoms with van der Waals surface area (Å²) in [4.78, 5) is 21.3. The quantitative estimate of drug-likeness (QED) is 0.724. The van der Waals surface area contributed by atoms with E-state index in [4.69, 9.17) is 11.6 Å². The number of rotatable bonds is 6. The molecule has 1 aromatic carbocycles. The van der Waals surface area contributed by atoms with Crippen LogP contribution in [0.2, 0.25) is 5.02 Å². The number of carbonyl (C=O) groups is 1. The van der Waals surface area contributed by atoms with E-state index in [1.165, 1.54) is 37.4 Å². The van der Waals surface area contributed by atoms with Crippen molar-refractivity contribution in [3.05, 3.63) is 35.1 Å². The highest BCUT2D eigenvalue weighted by Gasteiger charge is 2.22. The zero-order valence-electron chi connectivity index (χ0n) is 15.9. The standard InChI is InChI=1S/C20H26ClN5OS/c21-16-6-3-7-17(13-16)25-8-10-26(11-9-25)19(27)14-28-20-22-18(23-24-20)12-15-4-1-2-5-15/h3,6-7,13,15H,1-2,4-5,8-12,14H2,(H,22,23,24). The van der Waals surface area contributed by atoms with E-state index in [1.54, 1.807) is 0 Å². The molecule has 8 heteroatoms. The van der Waals surface area contributed by atoms with Crippen molar-refractivity contribution in [3.63, 3.8) is 0 Å². The second-order valence-corrected chi connectivity index (χ2v) is 8.93. The molecule has 1 aliphatic carbocycles. The zero-order valence-corrected chi connectivity index (χ0v) is 17.5. The minimum absolute atomic E-state index is 0.151. The predicted molar refractivity (Wildman–Crippen MR) is 113 cm³/mol. The highest BCUT2D eigenvalue weighted by Crippen LogP contribution is 2.27. The molecule has 28 heavy (non-hydrogen) atoms. The van der Waals surface area contributed by atoms with Crippen LogP contribution in [0.1, 0.15) is 31.5 Å². The number of benzene rings is 1. The van der Waals surface area contributed by atoms with Crippen molar-refractivity contribution in [1.82, 2.24) is 20.1 Å². The van der Waals surface area contributed by atoms with Crippen molar-refractivity contribution in [2.45, 2.75) is 37.3 Å². The maximum atomic E-state index is 12.6. The molecule has 1 aliphatic heterocycles. The Morgan fingerprint density at radius 1 is 1.21 bits per heavy atom. The number of H-pyrrole nitrogens is 1. The lowest BCUT2D eigenvalue weighted by atomic mass is 10.0. The maximum absolute atomic E-state index is 12.6. The number of halogens is 1. The molecule has 1 N–H and O–H groups in total. The lowest BCUT2D eigenvalue weighted by molar-refractivity contribution is -0.128. The van der Waals surface area contributed by atoms with Crippen LogP contribution in [-0.2, 0) is 11.2 Å². The van der Waals surface area contributed by atoms with Crippen LogP contribution >= 0.6 is 23.4 Å². The third-order valence-corrected chi connectivity index (χ3v) is 6.67. The van der Waals surface area contributed by atoms with Gasteiger partial charge in [0.25, 0.3) is 0 Å². The van der Waals surface area contributed by atoms with Gasteiger partial charge in [0.2, 0.25) is 11.1 Å². The normalized spacial score (nSPS) is 18.0. The monoisotopic (exact) mass is 419 g/mol. The number of thioether (sulfide) groups is 1. The average Bonchev–Trinajstić information content (AvgIpc) is 3.39. The van der Waals surface area contributed by atoms with Gasteiger partial charge in [-0.1, -0.05) is 55.1 Å². The largest absolute Gasteiger partial charge is 0.368 e. The van der Waals surface area contributed by atoms with Crippen LogP contribution < -0.4 is 4.90 Å². The van der Waals surface area contributed by atoms with E-state index < -0.39 is 0 Å². The van der Waals surface area contributed by atoms with Gasteiger partial charge in [-0.25, -0.2) is 4.98 Å². The molecule has 1 saturated heterocycles. The number of hydrogen-bond acceptors (Lipinski definition) is 5. The Hall–Kier alpha value is -1.73. The first-order chi connectivity index (χ1) is 13.7. The van der Waals surface area contributed by atoms with Crippen molar-refractivity contribution in [3.8, 4) is 0 Å². The Morgan fingerprint density at radius 2 is 2.00 bits per heavy atom. The molecule has 2 aliphatic rings. The number of aromatic nitrogens is 3. The molecule has 0 bridgehead atoms. The molecule has 1 saturated carbocycles. The van der Waals surface area contributed by atoms with Crippen LogP contribution in [0.15, 0.2) is 29.4 Å². The molecule has 2 heterocycles. The number of amides is 1. The second-order valence-electron chi connectivity index (χ2n) is 7.56. The molecular weight excluding hydrogens is 394 g/mol. The van der Waals surface area contributed by atoms with Gasteiger partial charge in [-0.05, 0) is 24.1 Å². The number of carbonyl (C=O) groups excluding carboxylic acids is 1. The van der Waals surface area contributed by atoms with Gasteiger partial charge in [-0.3, -0.25) is 9.89 Å². The minimum Gasteiger partial charge on any atom is -0.368 e. The third kappa shape index (κ3) is 5.00. The van der Waals surface area contributed by atoms with Gasteiger partial charge >= 0.3 is 0 Å². The molecule has 2 aromatic rings. The van der Waals surface area contributed by atoms with Crippen molar-refractivity contribution < 1.29 is 4.79 Å². The number of piperazine rings is 1. The Kier molecular flexibility index (Phi) is 6.42. The highest BCUT2D eigenvalue weighted by atomic mass is 35.5. The molecule has 0 atom stereocenters. The summed E-state index contributed by atoms with van der Waals surface area (Å²) in [6.07, 6.45) is 6.23. The molecule has 150 valence electrons. The molecule has 1 aromatic heterocycles. The number of aromatic amines is 1. The van der Waals surface area contributed by atoms with E-state index in [2.05, 4.69) is 26.1 Å². The fraction of sp³-hybridized carbons (Fsp3) is 0.550. The van der Waals surface area contributed by atoms with Crippen LogP contribution in [0, 0.1) is 5.92 Å². The minimum atomic E-state index is 0.151. The van der Waals surface area contributed by atoms with Gasteiger partial charge in [-0.15, -0.1) is 5.10 Å². The smallest absolute Gasteiger partial charge is 0.233 e. The van der Waals surface area contributed by atoms with E-state index in [9.17, 15) is 4.79 Å². The van der Waals surface area contributed by atoms with Gasteiger partial charge in [0.05, 0.1) is 5.75 Å². The molecule has 1 amide bonds. The second kappa shape index (κ2) is 9.18. The summed E-state index contributed by atoms with van der Waals surface area (Å²) >= 11 is 7.51. The first-order valence-corrected chi connectivity index (χ1v) is 11.4. The fourth-order valence-corrected chi connectivity index (χ4v) is 4.93. The SMILES string of the molecule is O=C(CSc1n[nH]c(CC2CCCC2)n1)N1CCN(c2cccc(Cl)c2)CC1. The summed E-state index contributed by atoms with van der Waals surface area (Å²) in [7, 11) is 0. The first-order valence-electron chi connectivity index (χ1n) is 10.00. The van der Waals surface area contributed by atoms with Gasteiger partial charge in [-0.2, -0.15) is 0 Å². The Bertz CT molecular complexity index is 799. The van der Waals surface area contributed by atoms with Gasteiger partial charge < -0.3 is 9.80 Å². The van der Waals surface area contributed by atoms with Crippen molar-refractivity contribution in [2.24, 2.45) is 5.92 Å². The van der Waals surface area contributed by atoms with E-state index in [0.717, 1.165) is 55.1 Å². The first kappa shape index (κ1) is 19.6. The van der Waals surface area contributed by atoms with Crippen LogP contribution in [0.5, 0.6) is 0 Å². The van der Waals surface area contributed by atoms with Crippen LogP contribution in [0.3, 0.4) is 0 Å². The highest BCUT2D eigenvalue weighted by molar-refractivity contribution is 7.99. The van der Waals surface area contributed by atoms with Gasteiger partial charge in [0.1, 0.15) is 5.82 Å². The molecule has 2 fully saturated rings. The van der Waals surface area contributed by atoms with Gasteiger partial charge in [0, 0.05) is 43.3 Å². The number of anilines is 1. The van der Waals surface area contributed by atoms with Gasteiger partial charge in [0.15, 0.2) is 0 Å². The molecule has 0 spiro atoms. The van der Waals surface area contributed by atoms with E-state index >= 15 is 0 Å². The lowest BCUT2D eigenvalue weighted by Crippen LogP contribution is -2.49. The summed E-state index contributed by atoms with van der Waals surface area (Å²) in [6.45, 7) is 3.10. The van der Waals surface area contributed by atoms with Crippen molar-refractivity contribution in [1.29, 1.82) is 0 Å². The van der Waals surface area contributed by atoms with E-state index in [0.29, 0.717) is 10.9 Å². The van der Waals surface area contributed by atoms with Crippen LogP contribution in [0.4, 0.5) is 5.69 Å². The topological polar surface area (TPSA) is 65.1 Å². The predicted octanol–water partition coefficient (Wildman–Crippen LogP) is 3.63. The molecule has 0 radical (unpaired) electrons. The summed E-state index contributed by atoms with van der Waals surface area (Å²) in [5.74, 6) is 2.23. The van der Waals surface area contributed by atoms with Crippen LogP contribution in [-0.4, -0.2) is 57.9 Å². The van der Waals surface area contributed by atoms with E-state index in [-0.39, 0.29) is 5.91 Å². The Labute approximate surface area is 175 Å². The third-order valence-electron chi connectivity index (χ3n) is 5.60. The Morgan fingerprint density at radius 3 is 2.75 bits per heavy atom. The van der Waals surface area contributed by atoms with Crippen molar-refractivity contribution >= 4 is 35.0 Å². The molecular formula is C20H26ClN5OS. The molecule has 6 nitrogen and oxygen atoms in total. The number of nitrogens with one attached hydrogen (secondary N) is 1. The molecule has 0 unspecified atom stereocenters. The Balaban J connectivity index is 1.22. The fourth-order valence-electron chi connectivity index (χ4n) is 4.03. The zero-order chi connectivity index (χ0) is 19.3. The summed E-state index contributed by atoms with van der Waals surface area (Å²) in [5, 5.41) is 8.73. The average molecular weight is 420 g/mol.